The Balaban J connectivity index is 2.03. The van der Waals surface area contributed by atoms with E-state index in [4.69, 9.17) is 5.73 Å². The maximum Gasteiger partial charge on any atom is 0.191 e. The molecular weight excluding hydrogens is 220 g/mol. The first-order valence-corrected chi connectivity index (χ1v) is 6.90. The van der Waals surface area contributed by atoms with Gasteiger partial charge >= 0.3 is 0 Å². The van der Waals surface area contributed by atoms with E-state index < -0.39 is 0 Å². The summed E-state index contributed by atoms with van der Waals surface area (Å²) in [6.45, 7) is 0.801. The van der Waals surface area contributed by atoms with E-state index in [2.05, 4.69) is 10.2 Å². The largest absolute Gasteiger partial charge is 0.330 e. The van der Waals surface area contributed by atoms with Gasteiger partial charge in [-0.25, -0.2) is 0 Å². The number of aryl methyl sites for hydroxylation is 1. The molecule has 1 heterocycles. The highest BCUT2D eigenvalue weighted by molar-refractivity contribution is 7.99. The molecule has 2 N–H and O–H groups in total. The van der Waals surface area contributed by atoms with Gasteiger partial charge in [-0.3, -0.25) is 0 Å². The summed E-state index contributed by atoms with van der Waals surface area (Å²) in [6.07, 6.45) is 8.30. The second-order valence-electron chi connectivity index (χ2n) is 4.51. The van der Waals surface area contributed by atoms with E-state index in [-0.39, 0.29) is 0 Å². The predicted molar refractivity (Wildman–Crippen MR) is 66.3 cm³/mol. The smallest absolute Gasteiger partial charge is 0.191 e. The van der Waals surface area contributed by atoms with E-state index in [1.165, 1.54) is 32.1 Å². The Bertz CT molecular complexity index is 326. The van der Waals surface area contributed by atoms with E-state index in [9.17, 15) is 0 Å². The molecule has 1 aliphatic carbocycles. The number of nitrogens with zero attached hydrogens (tertiary/aromatic N) is 3. The zero-order valence-corrected chi connectivity index (χ0v) is 10.6. The Morgan fingerprint density at radius 1 is 1.44 bits per heavy atom. The summed E-state index contributed by atoms with van der Waals surface area (Å²) in [5.74, 6) is 0.643. The molecule has 2 atom stereocenters. The van der Waals surface area contributed by atoms with Crippen LogP contribution in [0.15, 0.2) is 11.5 Å². The van der Waals surface area contributed by atoms with Gasteiger partial charge in [0, 0.05) is 12.3 Å². The second-order valence-corrected chi connectivity index (χ2v) is 5.72. The third kappa shape index (κ3) is 2.77. The fraction of sp³-hybridized carbons (Fsp3) is 0.818. The van der Waals surface area contributed by atoms with Gasteiger partial charge in [0.2, 0.25) is 0 Å². The zero-order valence-electron chi connectivity index (χ0n) is 9.80. The van der Waals surface area contributed by atoms with E-state index in [1.807, 2.05) is 23.4 Å². The minimum Gasteiger partial charge on any atom is -0.330 e. The minimum absolute atomic E-state index is 0.621. The molecule has 0 saturated heterocycles. The molecule has 4 nitrogen and oxygen atoms in total. The van der Waals surface area contributed by atoms with Crippen LogP contribution in [0.4, 0.5) is 0 Å². The number of thioether (sulfide) groups is 1. The van der Waals surface area contributed by atoms with Gasteiger partial charge in [-0.1, -0.05) is 31.0 Å². The monoisotopic (exact) mass is 240 g/mol. The summed E-state index contributed by atoms with van der Waals surface area (Å²) in [6, 6.07) is 0. The third-order valence-electron chi connectivity index (χ3n) is 3.32. The van der Waals surface area contributed by atoms with Crippen molar-refractivity contribution in [3.05, 3.63) is 6.33 Å². The van der Waals surface area contributed by atoms with Gasteiger partial charge in [0.15, 0.2) is 5.16 Å². The summed E-state index contributed by atoms with van der Waals surface area (Å²) in [4.78, 5) is 0. The summed E-state index contributed by atoms with van der Waals surface area (Å²) >= 11 is 1.85. The van der Waals surface area contributed by atoms with Crippen molar-refractivity contribution in [1.29, 1.82) is 0 Å². The van der Waals surface area contributed by atoms with E-state index in [0.717, 1.165) is 11.7 Å². The highest BCUT2D eigenvalue weighted by Gasteiger charge is 2.24. The molecule has 90 valence electrons. The van der Waals surface area contributed by atoms with Crippen LogP contribution in [-0.4, -0.2) is 26.6 Å². The van der Waals surface area contributed by atoms with E-state index >= 15 is 0 Å². The van der Waals surface area contributed by atoms with Crippen molar-refractivity contribution in [3.63, 3.8) is 0 Å². The molecule has 0 spiro atoms. The number of nitrogens with two attached hydrogens (primary N) is 1. The zero-order chi connectivity index (χ0) is 11.4. The van der Waals surface area contributed by atoms with Gasteiger partial charge < -0.3 is 10.3 Å². The van der Waals surface area contributed by atoms with Gasteiger partial charge in [-0.2, -0.15) is 0 Å². The Hall–Kier alpha value is -0.550. The first kappa shape index (κ1) is 11.9. The van der Waals surface area contributed by atoms with Crippen LogP contribution in [0.2, 0.25) is 0 Å². The van der Waals surface area contributed by atoms with Crippen molar-refractivity contribution >= 4 is 11.8 Å². The van der Waals surface area contributed by atoms with Gasteiger partial charge in [0.05, 0.1) is 0 Å². The first-order valence-electron chi connectivity index (χ1n) is 6.02. The molecule has 0 aliphatic heterocycles. The molecule has 16 heavy (non-hydrogen) atoms. The quantitative estimate of drug-likeness (QED) is 0.819. The normalized spacial score (nSPS) is 26.6. The number of hydrogen-bond donors (Lipinski definition) is 1. The lowest BCUT2D eigenvalue weighted by atomic mass is 10.0. The average molecular weight is 240 g/mol. The SMILES string of the molecule is Cn1cnnc1SC1CCCCCC1CN. The van der Waals surface area contributed by atoms with Crippen molar-refractivity contribution in [2.75, 3.05) is 6.54 Å². The van der Waals surface area contributed by atoms with Crippen LogP contribution in [0.25, 0.3) is 0 Å². The molecule has 0 aromatic carbocycles. The van der Waals surface area contributed by atoms with Crippen LogP contribution in [-0.2, 0) is 7.05 Å². The summed E-state index contributed by atoms with van der Waals surface area (Å²) in [5, 5.41) is 9.71. The summed E-state index contributed by atoms with van der Waals surface area (Å²) < 4.78 is 1.99. The summed E-state index contributed by atoms with van der Waals surface area (Å²) in [7, 11) is 2.00. The van der Waals surface area contributed by atoms with Gasteiger partial charge in [-0.15, -0.1) is 10.2 Å². The summed E-state index contributed by atoms with van der Waals surface area (Å²) in [5.41, 5.74) is 5.87. The highest BCUT2D eigenvalue weighted by Crippen LogP contribution is 2.34. The van der Waals surface area contributed by atoms with Crippen molar-refractivity contribution in [3.8, 4) is 0 Å². The molecule has 1 fully saturated rings. The Morgan fingerprint density at radius 2 is 2.25 bits per heavy atom. The van der Waals surface area contributed by atoms with Gasteiger partial charge in [-0.05, 0) is 25.3 Å². The molecule has 0 amide bonds. The molecule has 0 radical (unpaired) electrons. The van der Waals surface area contributed by atoms with Crippen molar-refractivity contribution < 1.29 is 0 Å². The third-order valence-corrected chi connectivity index (χ3v) is 4.82. The number of rotatable bonds is 3. The lowest BCUT2D eigenvalue weighted by Gasteiger charge is -2.22. The van der Waals surface area contributed by atoms with Crippen molar-refractivity contribution in [2.45, 2.75) is 42.5 Å². The minimum atomic E-state index is 0.621. The Kier molecular flexibility index (Phi) is 4.23. The molecule has 2 unspecified atom stereocenters. The van der Waals surface area contributed by atoms with Crippen LogP contribution in [0, 0.1) is 5.92 Å². The standard InChI is InChI=1S/C11H20N4S/c1-15-8-13-14-11(15)16-10-6-4-2-3-5-9(10)7-12/h8-10H,2-7,12H2,1H3. The number of aromatic nitrogens is 3. The topological polar surface area (TPSA) is 56.7 Å². The van der Waals surface area contributed by atoms with Crippen LogP contribution in [0.1, 0.15) is 32.1 Å². The molecule has 1 aliphatic rings. The molecule has 1 saturated carbocycles. The van der Waals surface area contributed by atoms with Crippen LogP contribution >= 0.6 is 11.8 Å². The van der Waals surface area contributed by atoms with Crippen molar-refractivity contribution in [1.82, 2.24) is 14.8 Å². The fourth-order valence-electron chi connectivity index (χ4n) is 2.29. The first-order chi connectivity index (χ1) is 7.81. The molecule has 2 rings (SSSR count). The maximum absolute atomic E-state index is 5.87. The lowest BCUT2D eigenvalue weighted by molar-refractivity contribution is 0.482. The lowest BCUT2D eigenvalue weighted by Crippen LogP contribution is -2.24. The van der Waals surface area contributed by atoms with Crippen molar-refractivity contribution in [2.24, 2.45) is 18.7 Å². The second kappa shape index (κ2) is 5.68. The van der Waals surface area contributed by atoms with Crippen LogP contribution in [0.5, 0.6) is 0 Å². The molecule has 1 aromatic heterocycles. The average Bonchev–Trinajstić information content (AvgIpc) is 2.56. The number of hydrogen-bond acceptors (Lipinski definition) is 4. The Morgan fingerprint density at radius 3 is 2.94 bits per heavy atom. The highest BCUT2D eigenvalue weighted by atomic mass is 32.2. The van der Waals surface area contributed by atoms with Crippen LogP contribution in [0.3, 0.4) is 0 Å². The van der Waals surface area contributed by atoms with Gasteiger partial charge in [0.1, 0.15) is 6.33 Å². The Labute approximate surface area is 101 Å². The molecule has 0 bridgehead atoms. The predicted octanol–water partition coefficient (Wildman–Crippen LogP) is 1.81. The molecular formula is C11H20N4S. The van der Waals surface area contributed by atoms with Gasteiger partial charge in [0.25, 0.3) is 0 Å². The van der Waals surface area contributed by atoms with E-state index in [1.54, 1.807) is 6.33 Å². The van der Waals surface area contributed by atoms with Crippen LogP contribution < -0.4 is 5.73 Å². The fourth-order valence-corrected chi connectivity index (χ4v) is 3.59. The molecule has 5 heteroatoms. The molecule has 1 aromatic rings. The van der Waals surface area contributed by atoms with E-state index in [0.29, 0.717) is 11.2 Å². The maximum atomic E-state index is 5.87.